The quantitative estimate of drug-likeness (QED) is 0.710. The number of rotatable bonds is 6. The van der Waals surface area contributed by atoms with Crippen LogP contribution in [0.3, 0.4) is 0 Å². The van der Waals surface area contributed by atoms with Crippen LogP contribution in [0.5, 0.6) is 0 Å². The minimum Gasteiger partial charge on any atom is -0.313 e. The topological polar surface area (TPSA) is 12.0 Å². The van der Waals surface area contributed by atoms with Gasteiger partial charge in [-0.1, -0.05) is 38.3 Å². The van der Waals surface area contributed by atoms with Crippen molar-refractivity contribution in [3.05, 3.63) is 33.4 Å². The molecule has 1 aliphatic rings. The maximum atomic E-state index is 3.80. The molecule has 1 aromatic carbocycles. The number of nitrogens with one attached hydrogen (secondary N) is 1. The maximum Gasteiger partial charge on any atom is 0.0136 e. The lowest BCUT2D eigenvalue weighted by molar-refractivity contribution is 0.267. The summed E-state index contributed by atoms with van der Waals surface area (Å²) >= 11 is 2.38. The Labute approximate surface area is 131 Å². The Morgan fingerprint density at radius 1 is 1.16 bits per heavy atom. The molecule has 2 heteroatoms. The zero-order valence-electron chi connectivity index (χ0n) is 12.0. The summed E-state index contributed by atoms with van der Waals surface area (Å²) in [5.41, 5.74) is 1.49. The lowest BCUT2D eigenvalue weighted by Gasteiger charge is -2.31. The molecule has 1 aromatic rings. The summed E-state index contributed by atoms with van der Waals surface area (Å²) in [7, 11) is 0. The molecule has 1 nitrogen and oxygen atoms in total. The van der Waals surface area contributed by atoms with E-state index in [1.165, 1.54) is 54.1 Å². The summed E-state index contributed by atoms with van der Waals surface area (Å²) in [5.74, 6) is 0.888. The summed E-state index contributed by atoms with van der Waals surface area (Å²) in [5, 5.41) is 3.80. The van der Waals surface area contributed by atoms with Gasteiger partial charge in [0.1, 0.15) is 0 Å². The van der Waals surface area contributed by atoms with Crippen LogP contribution in [0.4, 0.5) is 0 Å². The molecule has 0 spiro atoms. The van der Waals surface area contributed by atoms with Crippen molar-refractivity contribution in [2.24, 2.45) is 5.92 Å². The molecule has 0 heterocycles. The molecule has 0 radical (unpaired) electrons. The Morgan fingerprint density at radius 3 is 2.47 bits per heavy atom. The fraction of sp³-hybridized carbons (Fsp3) is 0.647. The van der Waals surface area contributed by atoms with Crippen molar-refractivity contribution in [1.29, 1.82) is 0 Å². The normalized spacial score (nSPS) is 18.4. The van der Waals surface area contributed by atoms with Gasteiger partial charge in [0.25, 0.3) is 0 Å². The van der Waals surface area contributed by atoms with E-state index < -0.39 is 0 Å². The smallest absolute Gasteiger partial charge is 0.0136 e. The maximum absolute atomic E-state index is 3.80. The lowest BCUT2D eigenvalue weighted by Crippen LogP contribution is -2.39. The molecule has 0 bridgehead atoms. The Kier molecular flexibility index (Phi) is 6.65. The Morgan fingerprint density at radius 2 is 1.84 bits per heavy atom. The van der Waals surface area contributed by atoms with Gasteiger partial charge in [-0.2, -0.15) is 0 Å². The van der Waals surface area contributed by atoms with E-state index in [4.69, 9.17) is 0 Å². The van der Waals surface area contributed by atoms with Crippen molar-refractivity contribution in [1.82, 2.24) is 5.32 Å². The Balaban J connectivity index is 1.97. The monoisotopic (exact) mass is 371 g/mol. The van der Waals surface area contributed by atoms with E-state index in [0.29, 0.717) is 6.04 Å². The summed E-state index contributed by atoms with van der Waals surface area (Å²) in [6.45, 7) is 3.42. The second-order valence-electron chi connectivity index (χ2n) is 5.79. The standard InChI is InChI=1S/C17H26IN/c1-2-12-19-17(15-6-4-3-5-7-15)13-14-8-10-16(18)11-9-14/h8-11,15,17,19H,2-7,12-13H2,1H3. The minimum atomic E-state index is 0.681. The van der Waals surface area contributed by atoms with Crippen molar-refractivity contribution in [3.8, 4) is 0 Å². The van der Waals surface area contributed by atoms with Gasteiger partial charge < -0.3 is 5.32 Å². The van der Waals surface area contributed by atoms with E-state index in [0.717, 1.165) is 12.5 Å². The van der Waals surface area contributed by atoms with Crippen molar-refractivity contribution >= 4 is 22.6 Å². The minimum absolute atomic E-state index is 0.681. The third-order valence-corrected chi connectivity index (χ3v) is 4.96. The van der Waals surface area contributed by atoms with Crippen LogP contribution in [0.25, 0.3) is 0 Å². The molecular formula is C17H26IN. The van der Waals surface area contributed by atoms with Gasteiger partial charge in [-0.15, -0.1) is 0 Å². The van der Waals surface area contributed by atoms with Crippen molar-refractivity contribution in [3.63, 3.8) is 0 Å². The molecule has 2 rings (SSSR count). The molecule has 1 saturated carbocycles. The van der Waals surface area contributed by atoms with E-state index >= 15 is 0 Å². The van der Waals surface area contributed by atoms with Crippen LogP contribution in [-0.2, 0) is 6.42 Å². The molecule has 106 valence electrons. The van der Waals surface area contributed by atoms with Crippen LogP contribution < -0.4 is 5.32 Å². The van der Waals surface area contributed by atoms with Gasteiger partial charge in [0.2, 0.25) is 0 Å². The van der Waals surface area contributed by atoms with E-state index in [-0.39, 0.29) is 0 Å². The van der Waals surface area contributed by atoms with Crippen LogP contribution in [0.15, 0.2) is 24.3 Å². The highest BCUT2D eigenvalue weighted by Gasteiger charge is 2.23. The van der Waals surface area contributed by atoms with E-state index in [9.17, 15) is 0 Å². The summed E-state index contributed by atoms with van der Waals surface area (Å²) in [6, 6.07) is 9.73. The molecule has 19 heavy (non-hydrogen) atoms. The molecule has 1 fully saturated rings. The average Bonchev–Trinajstić information content (AvgIpc) is 2.46. The second-order valence-corrected chi connectivity index (χ2v) is 7.03. The molecule has 0 aliphatic heterocycles. The zero-order valence-corrected chi connectivity index (χ0v) is 14.2. The third kappa shape index (κ3) is 5.07. The zero-order chi connectivity index (χ0) is 13.5. The van der Waals surface area contributed by atoms with Crippen molar-refractivity contribution in [2.45, 2.75) is 57.9 Å². The third-order valence-electron chi connectivity index (χ3n) is 4.24. The first-order valence-corrected chi connectivity index (χ1v) is 8.85. The highest BCUT2D eigenvalue weighted by Crippen LogP contribution is 2.28. The highest BCUT2D eigenvalue weighted by atomic mass is 127. The van der Waals surface area contributed by atoms with Crippen molar-refractivity contribution in [2.75, 3.05) is 6.54 Å². The summed E-state index contributed by atoms with van der Waals surface area (Å²) < 4.78 is 1.33. The molecule has 0 aromatic heterocycles. The van der Waals surface area contributed by atoms with Gasteiger partial charge in [0.15, 0.2) is 0 Å². The number of benzene rings is 1. The largest absolute Gasteiger partial charge is 0.313 e. The second kappa shape index (κ2) is 8.25. The number of hydrogen-bond donors (Lipinski definition) is 1. The SMILES string of the molecule is CCCNC(Cc1ccc(I)cc1)C1CCCCC1. The summed E-state index contributed by atoms with van der Waals surface area (Å²) in [6.07, 6.45) is 9.58. The average molecular weight is 371 g/mol. The van der Waals surface area contributed by atoms with Crippen LogP contribution in [0.1, 0.15) is 51.0 Å². The van der Waals surface area contributed by atoms with Gasteiger partial charge in [-0.25, -0.2) is 0 Å². The van der Waals surface area contributed by atoms with Crippen LogP contribution >= 0.6 is 22.6 Å². The molecular weight excluding hydrogens is 345 g/mol. The molecule has 1 unspecified atom stereocenters. The first-order chi connectivity index (χ1) is 9.29. The fourth-order valence-electron chi connectivity index (χ4n) is 3.15. The number of halogens is 1. The predicted molar refractivity (Wildman–Crippen MR) is 91.5 cm³/mol. The van der Waals surface area contributed by atoms with E-state index in [1.54, 1.807) is 0 Å². The van der Waals surface area contributed by atoms with Gasteiger partial charge in [-0.05, 0) is 78.4 Å². The molecule has 0 amide bonds. The van der Waals surface area contributed by atoms with Gasteiger partial charge in [-0.3, -0.25) is 0 Å². The van der Waals surface area contributed by atoms with E-state index in [1.807, 2.05) is 0 Å². The fourth-order valence-corrected chi connectivity index (χ4v) is 3.51. The van der Waals surface area contributed by atoms with Gasteiger partial charge in [0.05, 0.1) is 0 Å². The Bertz CT molecular complexity index is 354. The summed E-state index contributed by atoms with van der Waals surface area (Å²) in [4.78, 5) is 0. The van der Waals surface area contributed by atoms with Gasteiger partial charge >= 0.3 is 0 Å². The van der Waals surface area contributed by atoms with Crippen molar-refractivity contribution < 1.29 is 0 Å². The first-order valence-electron chi connectivity index (χ1n) is 7.77. The Hall–Kier alpha value is -0.0900. The first kappa shape index (κ1) is 15.3. The molecule has 0 saturated heterocycles. The van der Waals surface area contributed by atoms with E-state index in [2.05, 4.69) is 59.1 Å². The highest BCUT2D eigenvalue weighted by molar-refractivity contribution is 14.1. The van der Waals surface area contributed by atoms with Crippen LogP contribution in [-0.4, -0.2) is 12.6 Å². The van der Waals surface area contributed by atoms with Crippen LogP contribution in [0, 0.1) is 9.49 Å². The molecule has 1 atom stereocenters. The predicted octanol–water partition coefficient (Wildman–Crippen LogP) is 4.78. The van der Waals surface area contributed by atoms with Gasteiger partial charge in [0, 0.05) is 9.61 Å². The van der Waals surface area contributed by atoms with Crippen LogP contribution in [0.2, 0.25) is 0 Å². The lowest BCUT2D eigenvalue weighted by atomic mass is 9.81. The molecule has 1 aliphatic carbocycles. The number of hydrogen-bond acceptors (Lipinski definition) is 1. The molecule has 1 N–H and O–H groups in total.